The molecule has 1 atom stereocenters. The predicted octanol–water partition coefficient (Wildman–Crippen LogP) is 5.75. The number of hydrogen-bond donors (Lipinski definition) is 3. The normalized spacial score (nSPS) is 16.5. The number of benzene rings is 1. The number of halogens is 1. The summed E-state index contributed by atoms with van der Waals surface area (Å²) >= 11 is 7.52. The molecule has 2 aromatic carbocycles. The van der Waals surface area contributed by atoms with E-state index in [2.05, 4.69) is 31.4 Å². The largest absolute Gasteiger partial charge is 0.505 e. The first kappa shape index (κ1) is 24.9. The van der Waals surface area contributed by atoms with Crippen LogP contribution < -0.4 is 21.5 Å². The van der Waals surface area contributed by atoms with Crippen LogP contribution in [0.2, 0.25) is 5.02 Å². The Balaban J connectivity index is 1.85. The first-order valence-electron chi connectivity index (χ1n) is 11.2. The summed E-state index contributed by atoms with van der Waals surface area (Å²) in [4.78, 5) is 25.4. The van der Waals surface area contributed by atoms with Crippen LogP contribution in [0.4, 0.5) is 17.1 Å². The van der Waals surface area contributed by atoms with Crippen LogP contribution in [0.15, 0.2) is 26.6 Å². The van der Waals surface area contributed by atoms with Gasteiger partial charge in [0, 0.05) is 6.04 Å². The molecule has 0 heterocycles. The Morgan fingerprint density at radius 3 is 2.34 bits per heavy atom. The number of anilines is 3. The lowest BCUT2D eigenvalue weighted by Crippen LogP contribution is -2.43. The van der Waals surface area contributed by atoms with Crippen LogP contribution in [-0.4, -0.2) is 29.5 Å². The first-order chi connectivity index (χ1) is 15.0. The van der Waals surface area contributed by atoms with E-state index in [1.165, 1.54) is 44.1 Å². The van der Waals surface area contributed by atoms with Gasteiger partial charge in [-0.2, -0.15) is 0 Å². The third-order valence-corrected chi connectivity index (χ3v) is 7.57. The Morgan fingerprint density at radius 1 is 1.12 bits per heavy atom. The summed E-state index contributed by atoms with van der Waals surface area (Å²) in [5.74, 6) is 0.582. The average Bonchev–Trinajstić information content (AvgIpc) is 2.73. The number of phenolic OH excluding ortho intramolecular Hbond substituents is 1. The molecule has 2 aromatic rings. The summed E-state index contributed by atoms with van der Waals surface area (Å²) in [5.41, 5.74) is -0.315. The lowest BCUT2D eigenvalue weighted by Gasteiger charge is -2.36. The second-order valence-electron chi connectivity index (χ2n) is 10.0. The molecule has 32 heavy (non-hydrogen) atoms. The minimum atomic E-state index is -0.575. The molecular weight excluding hydrogens is 446 g/mol. The number of nitrogens with zero attached hydrogens (tertiary/aromatic N) is 1. The zero-order valence-corrected chi connectivity index (χ0v) is 21.1. The fraction of sp³-hybridized carbons (Fsp3) is 0.583. The Morgan fingerprint density at radius 2 is 1.75 bits per heavy atom. The molecule has 8 heteroatoms. The van der Waals surface area contributed by atoms with Crippen molar-refractivity contribution in [3.8, 4) is 5.75 Å². The molecule has 1 fully saturated rings. The van der Waals surface area contributed by atoms with Crippen molar-refractivity contribution >= 4 is 40.6 Å². The highest BCUT2D eigenvalue weighted by molar-refractivity contribution is 7.97. The molecule has 0 radical (unpaired) electrons. The molecular formula is C24H34ClN3O3S. The van der Waals surface area contributed by atoms with Crippen molar-refractivity contribution in [1.29, 1.82) is 0 Å². The van der Waals surface area contributed by atoms with Gasteiger partial charge in [-0.25, -0.2) is 0 Å². The van der Waals surface area contributed by atoms with Crippen molar-refractivity contribution in [2.75, 3.05) is 24.7 Å². The summed E-state index contributed by atoms with van der Waals surface area (Å²) in [6.07, 6.45) is 7.23. The smallest absolute Gasteiger partial charge is 0.253 e. The zero-order valence-electron chi connectivity index (χ0n) is 19.5. The van der Waals surface area contributed by atoms with Crippen LogP contribution in [0.25, 0.3) is 0 Å². The summed E-state index contributed by atoms with van der Waals surface area (Å²) in [6, 6.07) is 3.34. The molecule has 3 rings (SSSR count). The van der Waals surface area contributed by atoms with Gasteiger partial charge in [-0.1, -0.05) is 64.5 Å². The van der Waals surface area contributed by atoms with Gasteiger partial charge in [0.15, 0.2) is 5.75 Å². The summed E-state index contributed by atoms with van der Waals surface area (Å²) < 4.78 is 1.81. The topological polar surface area (TPSA) is 81.7 Å². The van der Waals surface area contributed by atoms with Crippen molar-refractivity contribution in [2.24, 2.45) is 11.3 Å². The van der Waals surface area contributed by atoms with Crippen LogP contribution in [0.5, 0.6) is 5.75 Å². The molecule has 0 saturated heterocycles. The summed E-state index contributed by atoms with van der Waals surface area (Å²) in [5, 5.41) is 17.5. The van der Waals surface area contributed by atoms with E-state index in [4.69, 9.17) is 11.6 Å². The van der Waals surface area contributed by atoms with Gasteiger partial charge in [0.05, 0.1) is 15.6 Å². The van der Waals surface area contributed by atoms with Crippen LogP contribution in [-0.2, 0) is 0 Å². The highest BCUT2D eigenvalue weighted by atomic mass is 35.5. The Bertz CT molecular complexity index is 1020. The van der Waals surface area contributed by atoms with Crippen molar-refractivity contribution < 1.29 is 5.11 Å². The second kappa shape index (κ2) is 10.1. The Labute approximate surface area is 199 Å². The molecule has 1 aliphatic carbocycles. The third kappa shape index (κ3) is 5.61. The average molecular weight is 480 g/mol. The Kier molecular flexibility index (Phi) is 7.84. The number of hydrogen-bond acceptors (Lipinski definition) is 7. The molecule has 0 bridgehead atoms. The number of aromatic hydroxyl groups is 1. The fourth-order valence-electron chi connectivity index (χ4n) is 4.26. The lowest BCUT2D eigenvalue weighted by molar-refractivity contribution is 0.250. The van der Waals surface area contributed by atoms with E-state index in [9.17, 15) is 14.7 Å². The van der Waals surface area contributed by atoms with E-state index in [1.54, 1.807) is 12.1 Å². The summed E-state index contributed by atoms with van der Waals surface area (Å²) in [7, 11) is 3.69. The molecule has 1 unspecified atom stereocenters. The van der Waals surface area contributed by atoms with E-state index >= 15 is 0 Å². The third-order valence-electron chi connectivity index (χ3n) is 6.19. The molecule has 3 N–H and O–H groups in total. The molecule has 1 aliphatic rings. The number of nitrogens with one attached hydrogen (secondary N) is 2. The maximum Gasteiger partial charge on any atom is 0.253 e. The SMILES string of the molecule is CN(C)Sc1c(Cl)ccc(Nc2c(NC(CC3CCCCC3)C(C)(C)C)c(=O)c2=O)c1O. The monoisotopic (exact) mass is 479 g/mol. The minimum Gasteiger partial charge on any atom is -0.505 e. The predicted molar refractivity (Wildman–Crippen MR) is 135 cm³/mol. The van der Waals surface area contributed by atoms with Gasteiger partial charge in [-0.05, 0) is 55.9 Å². The molecule has 0 amide bonds. The van der Waals surface area contributed by atoms with E-state index in [1.807, 2.05) is 18.4 Å². The molecule has 6 nitrogen and oxygen atoms in total. The highest BCUT2D eigenvalue weighted by Gasteiger charge is 2.32. The fourth-order valence-corrected chi connectivity index (χ4v) is 5.23. The van der Waals surface area contributed by atoms with Gasteiger partial charge < -0.3 is 15.7 Å². The van der Waals surface area contributed by atoms with Crippen LogP contribution in [0, 0.1) is 11.3 Å². The maximum absolute atomic E-state index is 12.5. The van der Waals surface area contributed by atoms with Gasteiger partial charge in [0.1, 0.15) is 11.4 Å². The van der Waals surface area contributed by atoms with Crippen LogP contribution in [0.3, 0.4) is 0 Å². The zero-order chi connectivity index (χ0) is 23.6. The van der Waals surface area contributed by atoms with Gasteiger partial charge in [-0.3, -0.25) is 13.9 Å². The number of phenols is 1. The van der Waals surface area contributed by atoms with Gasteiger partial charge in [0.2, 0.25) is 0 Å². The summed E-state index contributed by atoms with van der Waals surface area (Å²) in [6.45, 7) is 6.46. The number of rotatable bonds is 8. The van der Waals surface area contributed by atoms with Gasteiger partial charge in [-0.15, -0.1) is 0 Å². The first-order valence-corrected chi connectivity index (χ1v) is 12.4. The van der Waals surface area contributed by atoms with E-state index in [0.29, 0.717) is 27.2 Å². The van der Waals surface area contributed by atoms with Crippen molar-refractivity contribution in [3.63, 3.8) is 0 Å². The lowest BCUT2D eigenvalue weighted by atomic mass is 9.77. The molecule has 0 aliphatic heterocycles. The van der Waals surface area contributed by atoms with E-state index in [0.717, 1.165) is 6.42 Å². The van der Waals surface area contributed by atoms with Crippen molar-refractivity contribution in [1.82, 2.24) is 4.31 Å². The van der Waals surface area contributed by atoms with Crippen molar-refractivity contribution in [2.45, 2.75) is 70.2 Å². The van der Waals surface area contributed by atoms with Gasteiger partial charge >= 0.3 is 0 Å². The van der Waals surface area contributed by atoms with E-state index in [-0.39, 0.29) is 22.9 Å². The molecule has 0 aromatic heterocycles. The van der Waals surface area contributed by atoms with E-state index < -0.39 is 10.9 Å². The second-order valence-corrected chi connectivity index (χ2v) is 11.7. The van der Waals surface area contributed by atoms with Gasteiger partial charge in [0.25, 0.3) is 10.9 Å². The molecule has 1 saturated carbocycles. The maximum atomic E-state index is 12.5. The van der Waals surface area contributed by atoms with Crippen LogP contribution >= 0.6 is 23.5 Å². The Hall–Kier alpha value is -1.70. The standard InChI is InChI=1S/C24H34ClN3O3S/c1-24(2,3)17(13-14-9-7-6-8-10-14)27-19-18(21(30)22(19)31)26-16-12-11-15(25)23(20(16)29)32-28(4)5/h11-12,14,17,26-27,29H,6-10,13H2,1-5H3. The van der Waals surface area contributed by atoms with Crippen LogP contribution in [0.1, 0.15) is 59.3 Å². The quantitative estimate of drug-likeness (QED) is 0.252. The van der Waals surface area contributed by atoms with Crippen molar-refractivity contribution in [3.05, 3.63) is 37.6 Å². The minimum absolute atomic E-state index is 0.0511. The molecule has 176 valence electrons. The highest BCUT2D eigenvalue weighted by Crippen LogP contribution is 2.42. The molecule has 0 spiro atoms.